The number of carbonyl (C=O) groups is 2. The number of hydrogen-bond donors (Lipinski definition) is 1. The third kappa shape index (κ3) is 6.44. The summed E-state index contributed by atoms with van der Waals surface area (Å²) in [5.41, 5.74) is 0. The first kappa shape index (κ1) is 16.7. The fourth-order valence-electron chi connectivity index (χ4n) is 1.55. The number of carbonyl (C=O) groups excluding carboxylic acids is 1. The molecule has 0 aliphatic heterocycles. The number of amides is 2. The normalized spacial score (nSPS) is 10.2. The minimum absolute atomic E-state index is 0.231. The average Bonchev–Trinajstić information content (AvgIpc) is 2.34. The number of nitrogens with zero attached hydrogens (tertiary/aromatic N) is 2. The van der Waals surface area contributed by atoms with Gasteiger partial charge in [0, 0.05) is 26.7 Å². The maximum absolute atomic E-state index is 12.2. The van der Waals surface area contributed by atoms with Crippen molar-refractivity contribution in [1.82, 2.24) is 9.80 Å². The highest BCUT2D eigenvalue weighted by atomic mass is 16.5. The van der Waals surface area contributed by atoms with Gasteiger partial charge in [-0.2, -0.15) is 0 Å². The molecule has 0 fully saturated rings. The number of urea groups is 1. The van der Waals surface area contributed by atoms with Gasteiger partial charge in [0.15, 0.2) is 0 Å². The first-order chi connectivity index (χ1) is 8.56. The van der Waals surface area contributed by atoms with Gasteiger partial charge < -0.3 is 19.6 Å². The molecule has 0 aromatic carbocycles. The maximum Gasteiger partial charge on any atom is 0.323 e. The summed E-state index contributed by atoms with van der Waals surface area (Å²) in [6.07, 6.45) is 1.92. The predicted octanol–water partition coefficient (Wildman–Crippen LogP) is 1.26. The van der Waals surface area contributed by atoms with Crippen LogP contribution < -0.4 is 0 Å². The second-order valence-corrected chi connectivity index (χ2v) is 4.02. The molecule has 1 N–H and O–H groups in total. The van der Waals surface area contributed by atoms with E-state index in [9.17, 15) is 9.59 Å². The van der Waals surface area contributed by atoms with Crippen molar-refractivity contribution < 1.29 is 19.4 Å². The quantitative estimate of drug-likeness (QED) is 0.677. The van der Waals surface area contributed by atoms with Crippen LogP contribution in [-0.2, 0) is 9.53 Å². The van der Waals surface area contributed by atoms with Gasteiger partial charge in [0.05, 0.1) is 6.61 Å². The summed E-state index contributed by atoms with van der Waals surface area (Å²) in [6.45, 7) is 5.54. The van der Waals surface area contributed by atoms with E-state index < -0.39 is 5.97 Å². The van der Waals surface area contributed by atoms with Gasteiger partial charge in [-0.3, -0.25) is 4.79 Å². The Balaban J connectivity index is 4.52. The molecular weight excluding hydrogens is 236 g/mol. The van der Waals surface area contributed by atoms with E-state index in [0.29, 0.717) is 26.2 Å². The zero-order chi connectivity index (χ0) is 14.0. The number of carboxylic acids is 1. The summed E-state index contributed by atoms with van der Waals surface area (Å²) in [7, 11) is 1.53. The van der Waals surface area contributed by atoms with E-state index >= 15 is 0 Å². The van der Waals surface area contributed by atoms with Crippen LogP contribution in [0.1, 0.15) is 26.7 Å². The van der Waals surface area contributed by atoms with E-state index in [0.717, 1.165) is 12.8 Å². The number of unbranched alkanes of at least 4 members (excludes halogenated alkanes) is 1. The van der Waals surface area contributed by atoms with Crippen molar-refractivity contribution in [3.8, 4) is 0 Å². The molecule has 0 rings (SSSR count). The van der Waals surface area contributed by atoms with Gasteiger partial charge >= 0.3 is 12.0 Å². The SMILES string of the molecule is CCCCN(CC)C(=O)N(CCOC)CC(=O)O. The van der Waals surface area contributed by atoms with Crippen LogP contribution in [0.25, 0.3) is 0 Å². The first-order valence-corrected chi connectivity index (χ1v) is 6.31. The van der Waals surface area contributed by atoms with Gasteiger partial charge in [0.1, 0.15) is 6.54 Å². The van der Waals surface area contributed by atoms with Crippen molar-refractivity contribution in [3.05, 3.63) is 0 Å². The number of carboxylic acid groups (broad SMARTS) is 1. The highest BCUT2D eigenvalue weighted by Crippen LogP contribution is 2.02. The van der Waals surface area contributed by atoms with Gasteiger partial charge in [-0.25, -0.2) is 4.79 Å². The molecule has 6 nitrogen and oxygen atoms in total. The van der Waals surface area contributed by atoms with Crippen molar-refractivity contribution in [1.29, 1.82) is 0 Å². The van der Waals surface area contributed by atoms with E-state index in [-0.39, 0.29) is 12.6 Å². The zero-order valence-electron chi connectivity index (χ0n) is 11.5. The number of hydrogen-bond acceptors (Lipinski definition) is 3. The summed E-state index contributed by atoms with van der Waals surface area (Å²) in [5, 5.41) is 8.81. The second kappa shape index (κ2) is 9.70. The van der Waals surface area contributed by atoms with Crippen LogP contribution in [0.4, 0.5) is 4.79 Å². The molecule has 0 saturated carbocycles. The number of aliphatic carboxylic acids is 1. The molecule has 0 spiro atoms. The Morgan fingerprint density at radius 3 is 2.28 bits per heavy atom. The third-order valence-electron chi connectivity index (χ3n) is 2.60. The molecule has 2 amide bonds. The van der Waals surface area contributed by atoms with E-state index in [2.05, 4.69) is 6.92 Å². The van der Waals surface area contributed by atoms with Gasteiger partial charge in [-0.15, -0.1) is 0 Å². The largest absolute Gasteiger partial charge is 0.480 e. The standard InChI is InChI=1S/C12H24N2O4/c1-4-6-7-13(5-2)12(17)14(8-9-18-3)10-11(15)16/h4-10H2,1-3H3,(H,15,16). The summed E-state index contributed by atoms with van der Waals surface area (Å²) >= 11 is 0. The third-order valence-corrected chi connectivity index (χ3v) is 2.60. The van der Waals surface area contributed by atoms with Crippen LogP contribution in [0.2, 0.25) is 0 Å². The lowest BCUT2D eigenvalue weighted by Gasteiger charge is -2.28. The first-order valence-electron chi connectivity index (χ1n) is 6.31. The predicted molar refractivity (Wildman–Crippen MR) is 68.6 cm³/mol. The topological polar surface area (TPSA) is 70.1 Å². The fourth-order valence-corrected chi connectivity index (χ4v) is 1.55. The Morgan fingerprint density at radius 1 is 1.17 bits per heavy atom. The maximum atomic E-state index is 12.2. The molecule has 0 saturated heterocycles. The minimum atomic E-state index is -1.01. The van der Waals surface area contributed by atoms with Gasteiger partial charge in [-0.1, -0.05) is 13.3 Å². The Kier molecular flexibility index (Phi) is 9.00. The highest BCUT2D eigenvalue weighted by Gasteiger charge is 2.21. The molecule has 0 aliphatic rings. The number of methoxy groups -OCH3 is 1. The van der Waals surface area contributed by atoms with Gasteiger partial charge in [-0.05, 0) is 13.3 Å². The molecule has 0 atom stereocenters. The van der Waals surface area contributed by atoms with Crippen LogP contribution in [0.5, 0.6) is 0 Å². The lowest BCUT2D eigenvalue weighted by Crippen LogP contribution is -2.46. The number of rotatable bonds is 9. The Hall–Kier alpha value is -1.30. The molecule has 0 unspecified atom stereocenters. The van der Waals surface area contributed by atoms with Crippen LogP contribution in [0.15, 0.2) is 0 Å². The Labute approximate surface area is 109 Å². The Morgan fingerprint density at radius 2 is 1.83 bits per heavy atom. The molecule has 18 heavy (non-hydrogen) atoms. The minimum Gasteiger partial charge on any atom is -0.480 e. The lowest BCUT2D eigenvalue weighted by atomic mass is 10.3. The summed E-state index contributed by atoms with van der Waals surface area (Å²) in [5.74, 6) is -1.01. The van der Waals surface area contributed by atoms with Gasteiger partial charge in [0.2, 0.25) is 0 Å². The van der Waals surface area contributed by atoms with Crippen molar-refractivity contribution in [2.45, 2.75) is 26.7 Å². The molecule has 0 radical (unpaired) electrons. The van der Waals surface area contributed by atoms with E-state index in [1.165, 1.54) is 12.0 Å². The van der Waals surface area contributed by atoms with Crippen molar-refractivity contribution >= 4 is 12.0 Å². The molecule has 0 aliphatic carbocycles. The summed E-state index contributed by atoms with van der Waals surface area (Å²) in [4.78, 5) is 25.9. The van der Waals surface area contributed by atoms with E-state index in [4.69, 9.17) is 9.84 Å². The molecule has 0 aromatic heterocycles. The van der Waals surface area contributed by atoms with E-state index in [1.807, 2.05) is 6.92 Å². The van der Waals surface area contributed by atoms with Crippen molar-refractivity contribution in [2.24, 2.45) is 0 Å². The van der Waals surface area contributed by atoms with Crippen LogP contribution in [0.3, 0.4) is 0 Å². The lowest BCUT2D eigenvalue weighted by molar-refractivity contribution is -0.137. The summed E-state index contributed by atoms with van der Waals surface area (Å²) in [6, 6.07) is -0.231. The smallest absolute Gasteiger partial charge is 0.323 e. The molecule has 0 bridgehead atoms. The Bertz CT molecular complexity index is 258. The van der Waals surface area contributed by atoms with Crippen molar-refractivity contribution in [3.63, 3.8) is 0 Å². The van der Waals surface area contributed by atoms with Crippen molar-refractivity contribution in [2.75, 3.05) is 39.9 Å². The van der Waals surface area contributed by atoms with Crippen LogP contribution in [-0.4, -0.2) is 66.8 Å². The summed E-state index contributed by atoms with van der Waals surface area (Å²) < 4.78 is 4.89. The average molecular weight is 260 g/mol. The molecular formula is C12H24N2O4. The van der Waals surface area contributed by atoms with Crippen LogP contribution in [0, 0.1) is 0 Å². The molecule has 0 heterocycles. The fraction of sp³-hybridized carbons (Fsp3) is 0.833. The molecule has 106 valence electrons. The van der Waals surface area contributed by atoms with Gasteiger partial charge in [0.25, 0.3) is 0 Å². The highest BCUT2D eigenvalue weighted by molar-refractivity contribution is 5.80. The van der Waals surface area contributed by atoms with E-state index in [1.54, 1.807) is 4.90 Å². The number of ether oxygens (including phenoxy) is 1. The second-order valence-electron chi connectivity index (χ2n) is 4.02. The monoisotopic (exact) mass is 260 g/mol. The zero-order valence-corrected chi connectivity index (χ0v) is 11.5. The molecule has 0 aromatic rings. The van der Waals surface area contributed by atoms with Crippen LogP contribution >= 0.6 is 0 Å². The molecule has 6 heteroatoms.